The third-order valence-corrected chi connectivity index (χ3v) is 8.88. The van der Waals surface area contributed by atoms with Crippen molar-refractivity contribution >= 4 is 14.1 Å². The molecule has 0 amide bonds. The molecule has 0 aliphatic heterocycles. The lowest BCUT2D eigenvalue weighted by Gasteiger charge is -2.37. The maximum atomic E-state index is 10.7. The van der Waals surface area contributed by atoms with E-state index in [-0.39, 0.29) is 23.5 Å². The summed E-state index contributed by atoms with van der Waals surface area (Å²) in [7, 11) is -1.92. The van der Waals surface area contributed by atoms with E-state index in [0.29, 0.717) is 11.7 Å². The third kappa shape index (κ3) is 4.09. The normalized spacial score (nSPS) is 13.9. The van der Waals surface area contributed by atoms with E-state index in [1.807, 2.05) is 6.92 Å². The SMILES string of the molecule is CC(O[Si](C)(C)C(C)(C)C)c1ncc(Cn2ccc([N+](=O)[O-])n2)o1. The van der Waals surface area contributed by atoms with Crippen molar-refractivity contribution in [2.24, 2.45) is 0 Å². The molecule has 1 atom stereocenters. The largest absolute Gasteiger partial charge is 0.441 e. The molecule has 0 spiro atoms. The summed E-state index contributed by atoms with van der Waals surface area (Å²) in [5.74, 6) is 0.898. The molecular weight excluding hydrogens is 328 g/mol. The van der Waals surface area contributed by atoms with Gasteiger partial charge in [0.25, 0.3) is 0 Å². The molecule has 0 fully saturated rings. The van der Waals surface area contributed by atoms with Gasteiger partial charge in [0.15, 0.2) is 8.32 Å². The van der Waals surface area contributed by atoms with Gasteiger partial charge in [0.05, 0.1) is 23.6 Å². The van der Waals surface area contributed by atoms with Gasteiger partial charge in [-0.25, -0.2) is 4.98 Å². The highest BCUT2D eigenvalue weighted by Crippen LogP contribution is 2.39. The van der Waals surface area contributed by atoms with Crippen molar-refractivity contribution in [1.29, 1.82) is 0 Å². The van der Waals surface area contributed by atoms with E-state index in [1.54, 1.807) is 6.20 Å². The Balaban J connectivity index is 2.05. The molecule has 0 N–H and O–H groups in total. The van der Waals surface area contributed by atoms with Gasteiger partial charge in [-0.2, -0.15) is 4.68 Å². The molecule has 132 valence electrons. The Morgan fingerprint density at radius 3 is 2.67 bits per heavy atom. The Hall–Kier alpha value is -2.00. The van der Waals surface area contributed by atoms with Crippen molar-refractivity contribution in [2.45, 2.75) is 58.5 Å². The lowest BCUT2D eigenvalue weighted by molar-refractivity contribution is -0.389. The standard InChI is InChI=1S/C15H24N4O4Si/c1-11(23-24(5,6)15(2,3)4)14-16-9-12(22-14)10-18-8-7-13(17-18)19(20)21/h7-9,11H,10H2,1-6H3. The lowest BCUT2D eigenvalue weighted by atomic mass is 10.2. The third-order valence-electron chi connectivity index (χ3n) is 4.33. The van der Waals surface area contributed by atoms with E-state index >= 15 is 0 Å². The molecule has 0 bridgehead atoms. The van der Waals surface area contributed by atoms with Crippen molar-refractivity contribution in [3.63, 3.8) is 0 Å². The summed E-state index contributed by atoms with van der Waals surface area (Å²) in [6.07, 6.45) is 2.90. The average molecular weight is 352 g/mol. The summed E-state index contributed by atoms with van der Waals surface area (Å²) >= 11 is 0. The van der Waals surface area contributed by atoms with Crippen molar-refractivity contribution in [1.82, 2.24) is 14.8 Å². The minimum Gasteiger partial charge on any atom is -0.441 e. The summed E-state index contributed by atoms with van der Waals surface area (Å²) in [6.45, 7) is 13.1. The monoisotopic (exact) mass is 352 g/mol. The zero-order valence-electron chi connectivity index (χ0n) is 14.9. The molecule has 24 heavy (non-hydrogen) atoms. The van der Waals surface area contributed by atoms with Crippen LogP contribution in [-0.4, -0.2) is 28.0 Å². The zero-order valence-corrected chi connectivity index (χ0v) is 15.9. The summed E-state index contributed by atoms with van der Waals surface area (Å²) < 4.78 is 13.4. The molecule has 8 nitrogen and oxygen atoms in total. The number of oxazole rings is 1. The quantitative estimate of drug-likeness (QED) is 0.444. The molecule has 0 aromatic carbocycles. The zero-order chi connectivity index (χ0) is 18.1. The second kappa shape index (κ2) is 6.48. The van der Waals surface area contributed by atoms with Crippen LogP contribution in [0.15, 0.2) is 22.9 Å². The second-order valence-corrected chi connectivity index (χ2v) is 12.1. The van der Waals surface area contributed by atoms with E-state index in [2.05, 4.69) is 43.9 Å². The molecule has 1 unspecified atom stereocenters. The summed E-state index contributed by atoms with van der Waals surface area (Å²) in [6, 6.07) is 1.35. The minimum atomic E-state index is -1.92. The van der Waals surface area contributed by atoms with Crippen molar-refractivity contribution in [3.05, 3.63) is 40.2 Å². The Kier molecular flexibility index (Phi) is 4.95. The van der Waals surface area contributed by atoms with Gasteiger partial charge in [-0.05, 0) is 30.0 Å². The van der Waals surface area contributed by atoms with Gasteiger partial charge in [0.1, 0.15) is 18.4 Å². The smallest absolute Gasteiger partial charge is 0.389 e. The predicted molar refractivity (Wildman–Crippen MR) is 91.2 cm³/mol. The first-order valence-corrected chi connectivity index (χ1v) is 10.7. The molecule has 0 aliphatic carbocycles. The lowest BCUT2D eigenvalue weighted by Crippen LogP contribution is -2.41. The number of hydrogen-bond donors (Lipinski definition) is 0. The van der Waals surface area contributed by atoms with Gasteiger partial charge in [-0.3, -0.25) is 0 Å². The Labute approximate surface area is 142 Å². The highest BCUT2D eigenvalue weighted by atomic mass is 28.4. The fourth-order valence-corrected chi connectivity index (χ4v) is 3.29. The van der Waals surface area contributed by atoms with Gasteiger partial charge >= 0.3 is 5.82 Å². The second-order valence-electron chi connectivity index (χ2n) is 7.31. The fraction of sp³-hybridized carbons (Fsp3) is 0.600. The van der Waals surface area contributed by atoms with Crippen LogP contribution in [0.4, 0.5) is 5.82 Å². The highest BCUT2D eigenvalue weighted by molar-refractivity contribution is 6.74. The fourth-order valence-electron chi connectivity index (χ4n) is 1.95. The van der Waals surface area contributed by atoms with Crippen LogP contribution < -0.4 is 0 Å². The molecule has 0 aliphatic rings. The van der Waals surface area contributed by atoms with Crippen LogP contribution in [0.5, 0.6) is 0 Å². The molecule has 0 radical (unpaired) electrons. The van der Waals surface area contributed by atoms with Gasteiger partial charge in [0, 0.05) is 0 Å². The number of aromatic nitrogens is 3. The van der Waals surface area contributed by atoms with E-state index in [4.69, 9.17) is 8.84 Å². The van der Waals surface area contributed by atoms with Gasteiger partial charge < -0.3 is 19.0 Å². The maximum absolute atomic E-state index is 10.7. The maximum Gasteiger partial charge on any atom is 0.389 e. The van der Waals surface area contributed by atoms with Crippen LogP contribution in [-0.2, 0) is 11.0 Å². The minimum absolute atomic E-state index is 0.102. The Morgan fingerprint density at radius 2 is 2.12 bits per heavy atom. The predicted octanol–water partition coefficient (Wildman–Crippen LogP) is 3.91. The van der Waals surface area contributed by atoms with Crippen LogP contribution in [0.1, 0.15) is 45.4 Å². The van der Waals surface area contributed by atoms with E-state index in [0.717, 1.165) is 0 Å². The summed E-state index contributed by atoms with van der Waals surface area (Å²) in [5.41, 5.74) is 0. The van der Waals surface area contributed by atoms with Gasteiger partial charge in [0.2, 0.25) is 5.89 Å². The summed E-state index contributed by atoms with van der Waals surface area (Å²) in [4.78, 5) is 14.4. The van der Waals surface area contributed by atoms with Crippen LogP contribution in [0.25, 0.3) is 0 Å². The van der Waals surface area contributed by atoms with Gasteiger partial charge in [-0.15, -0.1) is 0 Å². The molecular formula is C15H24N4O4Si. The van der Waals surface area contributed by atoms with Crippen LogP contribution in [0, 0.1) is 10.1 Å². The number of nitro groups is 1. The topological polar surface area (TPSA) is 96.2 Å². The number of nitrogens with zero attached hydrogens (tertiary/aromatic N) is 4. The van der Waals surface area contributed by atoms with Crippen LogP contribution in [0.2, 0.25) is 18.1 Å². The van der Waals surface area contributed by atoms with Gasteiger partial charge in [-0.1, -0.05) is 20.8 Å². The number of hydrogen-bond acceptors (Lipinski definition) is 6. The average Bonchev–Trinajstić information content (AvgIpc) is 3.06. The highest BCUT2D eigenvalue weighted by Gasteiger charge is 2.39. The van der Waals surface area contributed by atoms with Crippen molar-refractivity contribution in [3.8, 4) is 0 Å². The van der Waals surface area contributed by atoms with Crippen LogP contribution >= 0.6 is 0 Å². The molecule has 2 aromatic rings. The molecule has 9 heteroatoms. The molecule has 2 aromatic heterocycles. The molecule has 0 saturated carbocycles. The van der Waals surface area contributed by atoms with Crippen molar-refractivity contribution in [2.75, 3.05) is 0 Å². The van der Waals surface area contributed by atoms with Crippen LogP contribution in [0.3, 0.4) is 0 Å². The molecule has 0 saturated heterocycles. The first kappa shape index (κ1) is 18.3. The molecule has 2 rings (SSSR count). The first-order valence-electron chi connectivity index (χ1n) is 7.80. The Morgan fingerprint density at radius 1 is 1.46 bits per heavy atom. The van der Waals surface area contributed by atoms with E-state index in [1.165, 1.54) is 16.9 Å². The van der Waals surface area contributed by atoms with E-state index < -0.39 is 13.2 Å². The molecule has 2 heterocycles. The first-order chi connectivity index (χ1) is 11.0. The van der Waals surface area contributed by atoms with E-state index in [9.17, 15) is 10.1 Å². The summed E-state index contributed by atoms with van der Waals surface area (Å²) in [5, 5.41) is 14.6. The van der Waals surface area contributed by atoms with Crippen molar-refractivity contribution < 1.29 is 13.8 Å². The number of rotatable bonds is 6. The Bertz CT molecular complexity index is 717.